The highest BCUT2D eigenvalue weighted by molar-refractivity contribution is 5.85. The van der Waals surface area contributed by atoms with Crippen LogP contribution in [0.4, 0.5) is 5.69 Å². The highest BCUT2D eigenvalue weighted by Crippen LogP contribution is 2.16. The number of nitro groups is 1. The topological polar surface area (TPSA) is 84.3 Å². The van der Waals surface area contributed by atoms with Gasteiger partial charge in [0.1, 0.15) is 0 Å². The van der Waals surface area contributed by atoms with Gasteiger partial charge in [-0.15, -0.1) is 12.4 Å². The minimum atomic E-state index is -0.417. The lowest BCUT2D eigenvalue weighted by molar-refractivity contribution is -0.384. The van der Waals surface area contributed by atoms with Crippen molar-refractivity contribution >= 4 is 24.0 Å². The summed E-state index contributed by atoms with van der Waals surface area (Å²) in [6, 6.07) is 6.42. The summed E-state index contributed by atoms with van der Waals surface area (Å²) in [6.07, 6.45) is 0.680. The SMILES string of the molecule is CC(C(=O)NCCc1ccc([N+](=O)[O-])cc1)C1CNC1.Cl. The molecule has 0 aromatic heterocycles. The van der Waals surface area contributed by atoms with Crippen LogP contribution in [-0.2, 0) is 11.2 Å². The smallest absolute Gasteiger partial charge is 0.269 e. The molecule has 1 aliphatic heterocycles. The van der Waals surface area contributed by atoms with Crippen LogP contribution in [0.5, 0.6) is 0 Å². The molecule has 1 amide bonds. The zero-order valence-corrected chi connectivity index (χ0v) is 12.7. The number of carbonyl (C=O) groups excluding carboxylic acids is 1. The minimum Gasteiger partial charge on any atom is -0.356 e. The number of halogens is 1. The molecule has 0 aliphatic carbocycles. The van der Waals surface area contributed by atoms with Crippen LogP contribution >= 0.6 is 12.4 Å². The molecule has 1 aliphatic rings. The summed E-state index contributed by atoms with van der Waals surface area (Å²) in [5.74, 6) is 0.556. The van der Waals surface area contributed by atoms with Gasteiger partial charge in [-0.3, -0.25) is 14.9 Å². The fourth-order valence-electron chi connectivity index (χ4n) is 2.15. The summed E-state index contributed by atoms with van der Waals surface area (Å²) < 4.78 is 0. The number of amides is 1. The monoisotopic (exact) mass is 313 g/mol. The van der Waals surface area contributed by atoms with E-state index in [-0.39, 0.29) is 29.9 Å². The van der Waals surface area contributed by atoms with Crippen LogP contribution in [0.1, 0.15) is 12.5 Å². The van der Waals surface area contributed by atoms with Crippen molar-refractivity contribution < 1.29 is 9.72 Å². The number of carbonyl (C=O) groups is 1. The fraction of sp³-hybridized carbons (Fsp3) is 0.500. The van der Waals surface area contributed by atoms with E-state index in [1.165, 1.54) is 12.1 Å². The molecular weight excluding hydrogens is 294 g/mol. The van der Waals surface area contributed by atoms with Gasteiger partial charge in [0.15, 0.2) is 0 Å². The fourth-order valence-corrected chi connectivity index (χ4v) is 2.15. The lowest BCUT2D eigenvalue weighted by Gasteiger charge is -2.31. The Morgan fingerprint density at radius 2 is 2.05 bits per heavy atom. The molecular formula is C14H20ClN3O3. The number of nitrogens with zero attached hydrogens (tertiary/aromatic N) is 1. The molecule has 0 spiro atoms. The summed E-state index contributed by atoms with van der Waals surface area (Å²) in [6.45, 7) is 4.34. The summed E-state index contributed by atoms with van der Waals surface area (Å²) in [4.78, 5) is 22.0. The predicted octanol–water partition coefficient (Wildman–Crippen LogP) is 1.53. The summed E-state index contributed by atoms with van der Waals surface area (Å²) >= 11 is 0. The molecule has 116 valence electrons. The number of hydrogen-bond donors (Lipinski definition) is 2. The molecule has 1 unspecified atom stereocenters. The van der Waals surface area contributed by atoms with E-state index in [1.807, 2.05) is 6.92 Å². The molecule has 1 aromatic carbocycles. The van der Waals surface area contributed by atoms with Gasteiger partial charge in [-0.05, 0) is 31.0 Å². The van der Waals surface area contributed by atoms with Crippen molar-refractivity contribution in [3.05, 3.63) is 39.9 Å². The lowest BCUT2D eigenvalue weighted by atomic mass is 9.88. The quantitative estimate of drug-likeness (QED) is 0.616. The van der Waals surface area contributed by atoms with E-state index >= 15 is 0 Å². The first kappa shape index (κ1) is 17.4. The number of benzene rings is 1. The Morgan fingerprint density at radius 3 is 2.52 bits per heavy atom. The number of hydrogen-bond acceptors (Lipinski definition) is 4. The molecule has 2 N–H and O–H groups in total. The number of rotatable bonds is 6. The van der Waals surface area contributed by atoms with Gasteiger partial charge >= 0.3 is 0 Å². The molecule has 1 saturated heterocycles. The molecule has 0 radical (unpaired) electrons. The second-order valence-corrected chi connectivity index (χ2v) is 5.17. The molecule has 2 rings (SSSR count). The third-order valence-corrected chi connectivity index (χ3v) is 3.79. The molecule has 1 atom stereocenters. The Labute approximate surface area is 129 Å². The van der Waals surface area contributed by atoms with Gasteiger partial charge in [-0.2, -0.15) is 0 Å². The third-order valence-electron chi connectivity index (χ3n) is 3.79. The molecule has 0 bridgehead atoms. The second kappa shape index (κ2) is 7.95. The molecule has 1 fully saturated rings. The van der Waals surface area contributed by atoms with Crippen LogP contribution < -0.4 is 10.6 Å². The van der Waals surface area contributed by atoms with Crippen molar-refractivity contribution in [3.8, 4) is 0 Å². The maximum Gasteiger partial charge on any atom is 0.269 e. The number of non-ortho nitro benzene ring substituents is 1. The van der Waals surface area contributed by atoms with Crippen molar-refractivity contribution in [1.82, 2.24) is 10.6 Å². The molecule has 1 heterocycles. The van der Waals surface area contributed by atoms with E-state index < -0.39 is 4.92 Å². The molecule has 0 saturated carbocycles. The maximum absolute atomic E-state index is 11.9. The molecule has 1 aromatic rings. The van der Waals surface area contributed by atoms with Gasteiger partial charge in [-0.1, -0.05) is 19.1 Å². The Kier molecular flexibility index (Phi) is 6.58. The standard InChI is InChI=1S/C14H19N3O3.ClH/c1-10(12-8-15-9-12)14(18)16-7-6-11-2-4-13(5-3-11)17(19)20;/h2-5,10,12,15H,6-9H2,1H3,(H,16,18);1H. The third kappa shape index (κ3) is 4.68. The van der Waals surface area contributed by atoms with Gasteiger partial charge in [0.25, 0.3) is 5.69 Å². The lowest BCUT2D eigenvalue weighted by Crippen LogP contribution is -2.49. The number of nitrogens with one attached hydrogen (secondary N) is 2. The molecule has 6 nitrogen and oxygen atoms in total. The largest absolute Gasteiger partial charge is 0.356 e. The van der Waals surface area contributed by atoms with Crippen LogP contribution in [0.3, 0.4) is 0 Å². The maximum atomic E-state index is 11.9. The van der Waals surface area contributed by atoms with Gasteiger partial charge in [-0.25, -0.2) is 0 Å². The van der Waals surface area contributed by atoms with Gasteiger partial charge in [0, 0.05) is 24.6 Å². The van der Waals surface area contributed by atoms with Gasteiger partial charge in [0.2, 0.25) is 5.91 Å². The Bertz CT molecular complexity index is 489. The van der Waals surface area contributed by atoms with Crippen molar-refractivity contribution in [2.75, 3.05) is 19.6 Å². The summed E-state index contributed by atoms with van der Waals surface area (Å²) in [5, 5.41) is 16.6. The Balaban J connectivity index is 0.00000220. The second-order valence-electron chi connectivity index (χ2n) is 5.17. The van der Waals surface area contributed by atoms with E-state index in [4.69, 9.17) is 0 Å². The molecule has 21 heavy (non-hydrogen) atoms. The normalized spacial score (nSPS) is 15.5. The first-order valence-corrected chi connectivity index (χ1v) is 6.79. The average Bonchev–Trinajstić information content (AvgIpc) is 2.37. The van der Waals surface area contributed by atoms with E-state index in [0.717, 1.165) is 18.7 Å². The van der Waals surface area contributed by atoms with Crippen LogP contribution in [0.2, 0.25) is 0 Å². The van der Waals surface area contributed by atoms with Crippen molar-refractivity contribution in [2.45, 2.75) is 13.3 Å². The van der Waals surface area contributed by atoms with Crippen molar-refractivity contribution in [2.24, 2.45) is 11.8 Å². The Morgan fingerprint density at radius 1 is 1.43 bits per heavy atom. The van der Waals surface area contributed by atoms with Crippen molar-refractivity contribution in [3.63, 3.8) is 0 Å². The van der Waals surface area contributed by atoms with E-state index in [2.05, 4.69) is 10.6 Å². The Hall–Kier alpha value is -1.66. The van der Waals surface area contributed by atoms with Crippen LogP contribution in [0, 0.1) is 22.0 Å². The zero-order chi connectivity index (χ0) is 14.5. The minimum absolute atomic E-state index is 0. The van der Waals surface area contributed by atoms with Gasteiger partial charge < -0.3 is 10.6 Å². The van der Waals surface area contributed by atoms with E-state index in [1.54, 1.807) is 12.1 Å². The predicted molar refractivity (Wildman–Crippen MR) is 82.6 cm³/mol. The summed E-state index contributed by atoms with van der Waals surface area (Å²) in [7, 11) is 0. The zero-order valence-electron chi connectivity index (χ0n) is 11.9. The highest BCUT2D eigenvalue weighted by atomic mass is 35.5. The average molecular weight is 314 g/mol. The first-order chi connectivity index (χ1) is 9.58. The molecule has 7 heteroatoms. The van der Waals surface area contributed by atoms with Crippen LogP contribution in [-0.4, -0.2) is 30.5 Å². The first-order valence-electron chi connectivity index (χ1n) is 6.79. The van der Waals surface area contributed by atoms with Crippen LogP contribution in [0.15, 0.2) is 24.3 Å². The highest BCUT2D eigenvalue weighted by Gasteiger charge is 2.28. The summed E-state index contributed by atoms with van der Waals surface area (Å²) in [5.41, 5.74) is 1.07. The van der Waals surface area contributed by atoms with E-state index in [0.29, 0.717) is 18.9 Å². The van der Waals surface area contributed by atoms with Crippen molar-refractivity contribution in [1.29, 1.82) is 0 Å². The number of nitro benzene ring substituents is 1. The van der Waals surface area contributed by atoms with Crippen LogP contribution in [0.25, 0.3) is 0 Å². The van der Waals surface area contributed by atoms with E-state index in [9.17, 15) is 14.9 Å². The van der Waals surface area contributed by atoms with Gasteiger partial charge in [0.05, 0.1) is 4.92 Å².